The van der Waals surface area contributed by atoms with Gasteiger partial charge in [-0.15, -0.1) is 0 Å². The van der Waals surface area contributed by atoms with Crippen LogP contribution in [-0.2, 0) is 25.6 Å². The van der Waals surface area contributed by atoms with Gasteiger partial charge in [0.15, 0.2) is 6.10 Å². The Morgan fingerprint density at radius 3 is 2.12 bits per heavy atom. The molecule has 15 heteroatoms. The predicted molar refractivity (Wildman–Crippen MR) is 187 cm³/mol. The zero-order chi connectivity index (χ0) is 37.7. The van der Waals surface area contributed by atoms with E-state index in [0.29, 0.717) is 5.56 Å². The molecule has 0 fully saturated rings. The third kappa shape index (κ3) is 12.4. The summed E-state index contributed by atoms with van der Waals surface area (Å²) in [7, 11) is 0. The van der Waals surface area contributed by atoms with Crippen molar-refractivity contribution in [2.75, 3.05) is 11.9 Å². The zero-order valence-electron chi connectivity index (χ0n) is 28.9. The van der Waals surface area contributed by atoms with Crippen molar-refractivity contribution in [2.24, 2.45) is 17.6 Å². The summed E-state index contributed by atoms with van der Waals surface area (Å²) in [6.45, 7) is 6.88. The monoisotopic (exact) mass is 706 g/mol. The first kappa shape index (κ1) is 39.9. The molecule has 9 N–H and O–H groups in total. The van der Waals surface area contributed by atoms with Crippen LogP contribution >= 0.6 is 0 Å². The standard InChI is InChI=1S/C36H46N6O9/c1-20(2)15-28(41-34(47)29(21(3)4)42-32(45)26(37)18-38-31(44)24-13-14-51-19-24)33(46)40-27(16-22-9-6-5-7-10-22)30(43)35(48)39-25-12-8-11-23(17-25)36(49)50/h5-14,17,19-21,26-30,43H,15-16,18,37H2,1-4H3,(H,38,44)(H,39,48)(H,40,46)(H,41,47)(H,42,45)(H,49,50)/t26-,27-,28-,29-,30+/m0/s1. The zero-order valence-corrected chi connectivity index (χ0v) is 28.9. The van der Waals surface area contributed by atoms with Crippen LogP contribution in [0.25, 0.3) is 0 Å². The van der Waals surface area contributed by atoms with E-state index >= 15 is 0 Å². The van der Waals surface area contributed by atoms with E-state index in [1.54, 1.807) is 44.2 Å². The summed E-state index contributed by atoms with van der Waals surface area (Å²) in [6, 6.07) is 11.2. The molecule has 15 nitrogen and oxygen atoms in total. The number of aromatic carboxylic acids is 1. The molecule has 3 rings (SSSR count). The fourth-order valence-corrected chi connectivity index (χ4v) is 5.07. The Morgan fingerprint density at radius 1 is 0.804 bits per heavy atom. The maximum Gasteiger partial charge on any atom is 0.335 e. The highest BCUT2D eigenvalue weighted by Gasteiger charge is 2.34. The van der Waals surface area contributed by atoms with Crippen LogP contribution in [0.4, 0.5) is 5.69 Å². The number of carbonyl (C=O) groups excluding carboxylic acids is 5. The molecular formula is C36H46N6O9. The molecule has 274 valence electrons. The quantitative estimate of drug-likeness (QED) is 0.0946. The van der Waals surface area contributed by atoms with Gasteiger partial charge in [-0.05, 0) is 54.5 Å². The number of anilines is 1. The van der Waals surface area contributed by atoms with Gasteiger partial charge in [-0.1, -0.05) is 64.1 Å². The van der Waals surface area contributed by atoms with Crippen LogP contribution in [0.15, 0.2) is 77.6 Å². The Labute approximate surface area is 295 Å². The molecule has 1 heterocycles. The van der Waals surface area contributed by atoms with E-state index in [1.807, 2.05) is 13.8 Å². The number of hydrogen-bond donors (Lipinski definition) is 8. The summed E-state index contributed by atoms with van der Waals surface area (Å²) < 4.78 is 4.88. The molecule has 2 aromatic carbocycles. The molecular weight excluding hydrogens is 660 g/mol. The maximum atomic E-state index is 13.8. The van der Waals surface area contributed by atoms with Gasteiger partial charge in [0.05, 0.1) is 23.4 Å². The highest BCUT2D eigenvalue weighted by atomic mass is 16.4. The summed E-state index contributed by atoms with van der Waals surface area (Å²) in [5.41, 5.74) is 7.01. The van der Waals surface area contributed by atoms with Crippen molar-refractivity contribution in [2.45, 2.75) is 70.8 Å². The van der Waals surface area contributed by atoms with Crippen LogP contribution in [0.1, 0.15) is 60.4 Å². The Balaban J connectivity index is 1.74. The number of furan rings is 1. The lowest BCUT2D eigenvalue weighted by molar-refractivity contribution is -0.134. The fraction of sp³-hybridized carbons (Fsp3) is 0.389. The van der Waals surface area contributed by atoms with Crippen molar-refractivity contribution >= 4 is 41.2 Å². The Morgan fingerprint density at radius 2 is 1.51 bits per heavy atom. The van der Waals surface area contributed by atoms with E-state index in [4.69, 9.17) is 10.2 Å². The van der Waals surface area contributed by atoms with E-state index < -0.39 is 71.7 Å². The number of aliphatic hydroxyl groups is 1. The number of carboxylic acids is 1. The largest absolute Gasteiger partial charge is 0.478 e. The predicted octanol–water partition coefficient (Wildman–Crippen LogP) is 1.43. The smallest absolute Gasteiger partial charge is 0.335 e. The normalized spacial score (nSPS) is 14.0. The number of hydrogen-bond acceptors (Lipinski definition) is 9. The van der Waals surface area contributed by atoms with Gasteiger partial charge in [0.1, 0.15) is 24.4 Å². The Hall–Kier alpha value is -5.54. The molecule has 0 saturated carbocycles. The van der Waals surface area contributed by atoms with Gasteiger partial charge in [0.2, 0.25) is 17.7 Å². The Bertz CT molecular complexity index is 1650. The molecule has 0 radical (unpaired) electrons. The second kappa shape index (κ2) is 19.0. The second-order valence-corrected chi connectivity index (χ2v) is 12.9. The summed E-state index contributed by atoms with van der Waals surface area (Å²) in [4.78, 5) is 77.1. The number of aliphatic hydroxyl groups excluding tert-OH is 1. The number of carbonyl (C=O) groups is 6. The molecule has 0 aliphatic rings. The van der Waals surface area contributed by atoms with Gasteiger partial charge < -0.3 is 46.9 Å². The summed E-state index contributed by atoms with van der Waals surface area (Å²) >= 11 is 0. The van der Waals surface area contributed by atoms with E-state index in [0.717, 1.165) is 0 Å². The lowest BCUT2D eigenvalue weighted by Gasteiger charge is -2.29. The van der Waals surface area contributed by atoms with Crippen molar-refractivity contribution in [3.8, 4) is 0 Å². The maximum absolute atomic E-state index is 13.8. The van der Waals surface area contributed by atoms with Crippen molar-refractivity contribution < 1.29 is 43.4 Å². The second-order valence-electron chi connectivity index (χ2n) is 12.9. The van der Waals surface area contributed by atoms with Crippen LogP contribution in [0, 0.1) is 11.8 Å². The van der Waals surface area contributed by atoms with Crippen LogP contribution in [-0.4, -0.2) is 82.5 Å². The van der Waals surface area contributed by atoms with Crippen LogP contribution in [0.5, 0.6) is 0 Å². The third-order valence-electron chi connectivity index (χ3n) is 7.84. The van der Waals surface area contributed by atoms with Crippen LogP contribution in [0.3, 0.4) is 0 Å². The number of nitrogens with one attached hydrogen (secondary N) is 5. The first-order chi connectivity index (χ1) is 24.2. The van der Waals surface area contributed by atoms with Crippen LogP contribution in [0.2, 0.25) is 0 Å². The minimum Gasteiger partial charge on any atom is -0.478 e. The molecule has 0 unspecified atom stereocenters. The molecule has 51 heavy (non-hydrogen) atoms. The van der Waals surface area contributed by atoms with Gasteiger partial charge >= 0.3 is 5.97 Å². The fourth-order valence-electron chi connectivity index (χ4n) is 5.07. The lowest BCUT2D eigenvalue weighted by atomic mass is 9.97. The molecule has 0 aliphatic carbocycles. The summed E-state index contributed by atoms with van der Waals surface area (Å²) in [5, 5.41) is 33.6. The van der Waals surface area contributed by atoms with E-state index in [1.165, 1.54) is 42.9 Å². The molecule has 0 bridgehead atoms. The van der Waals surface area contributed by atoms with Crippen molar-refractivity contribution in [3.63, 3.8) is 0 Å². The van der Waals surface area contributed by atoms with Gasteiger partial charge in [-0.2, -0.15) is 0 Å². The van der Waals surface area contributed by atoms with Crippen molar-refractivity contribution in [1.29, 1.82) is 0 Å². The number of rotatable bonds is 18. The average Bonchev–Trinajstić information content (AvgIpc) is 3.64. The van der Waals surface area contributed by atoms with E-state index in [-0.39, 0.29) is 42.1 Å². The third-order valence-corrected chi connectivity index (χ3v) is 7.84. The minimum absolute atomic E-state index is 0.0401. The first-order valence-corrected chi connectivity index (χ1v) is 16.5. The molecule has 0 aliphatic heterocycles. The SMILES string of the molecule is CC(C)C[C@H](NC(=O)[C@@H](NC(=O)[C@@H](N)CNC(=O)c1ccoc1)C(C)C)C(=O)N[C@@H](Cc1ccccc1)[C@@H](O)C(=O)Nc1cccc(C(=O)O)c1. The highest BCUT2D eigenvalue weighted by Crippen LogP contribution is 2.15. The van der Waals surface area contributed by atoms with E-state index in [2.05, 4.69) is 26.6 Å². The highest BCUT2D eigenvalue weighted by molar-refractivity contribution is 5.98. The molecule has 3 aromatic rings. The average molecular weight is 707 g/mol. The first-order valence-electron chi connectivity index (χ1n) is 16.5. The summed E-state index contributed by atoms with van der Waals surface area (Å²) in [6.07, 6.45) is 1.01. The van der Waals surface area contributed by atoms with Crippen molar-refractivity contribution in [1.82, 2.24) is 21.3 Å². The topological polar surface area (TPSA) is 242 Å². The molecule has 1 aromatic heterocycles. The van der Waals surface area contributed by atoms with Gasteiger partial charge in [-0.25, -0.2) is 4.79 Å². The van der Waals surface area contributed by atoms with Crippen LogP contribution < -0.4 is 32.3 Å². The molecule has 0 spiro atoms. The van der Waals surface area contributed by atoms with Gasteiger partial charge in [0.25, 0.3) is 11.8 Å². The number of benzene rings is 2. The summed E-state index contributed by atoms with van der Waals surface area (Å²) in [5.74, 6) is -5.13. The molecule has 5 amide bonds. The number of amides is 5. The molecule has 5 atom stereocenters. The van der Waals surface area contributed by atoms with Crippen molar-refractivity contribution in [3.05, 3.63) is 89.9 Å². The minimum atomic E-state index is -1.78. The molecule has 0 saturated heterocycles. The number of nitrogens with two attached hydrogens (primary N) is 1. The lowest BCUT2D eigenvalue weighted by Crippen LogP contribution is -2.60. The van der Waals surface area contributed by atoms with Gasteiger partial charge in [0, 0.05) is 12.2 Å². The van der Waals surface area contributed by atoms with E-state index in [9.17, 15) is 39.0 Å². The van der Waals surface area contributed by atoms with Gasteiger partial charge in [-0.3, -0.25) is 24.0 Å². The number of carboxylic acid groups (broad SMARTS) is 1. The Kier molecular flexibility index (Phi) is 14.9.